The standard InChI is InChI=1S/C14H16ClF2N3O2/c1-21-5-4-20-9-11(8-19-20)18-7-10-2-3-13(12(15)6-10)22-14(16)17/h2-3,6,8-9,14,18H,4-5,7H2,1H3. The number of aromatic nitrogens is 2. The molecule has 0 saturated carbocycles. The Morgan fingerprint density at radius 3 is 2.91 bits per heavy atom. The summed E-state index contributed by atoms with van der Waals surface area (Å²) in [5, 5.41) is 7.50. The highest BCUT2D eigenvalue weighted by molar-refractivity contribution is 6.32. The van der Waals surface area contributed by atoms with E-state index < -0.39 is 6.61 Å². The van der Waals surface area contributed by atoms with Crippen LogP contribution in [0.25, 0.3) is 0 Å². The summed E-state index contributed by atoms with van der Waals surface area (Å²) in [5.41, 5.74) is 1.69. The van der Waals surface area contributed by atoms with Gasteiger partial charge in [0, 0.05) is 19.9 Å². The van der Waals surface area contributed by atoms with Gasteiger partial charge in [0.05, 0.1) is 30.1 Å². The minimum Gasteiger partial charge on any atom is -0.433 e. The van der Waals surface area contributed by atoms with Crippen LogP contribution in [-0.4, -0.2) is 30.1 Å². The molecule has 5 nitrogen and oxygen atoms in total. The summed E-state index contributed by atoms with van der Waals surface area (Å²) in [6.07, 6.45) is 3.56. The van der Waals surface area contributed by atoms with Gasteiger partial charge in [-0.1, -0.05) is 17.7 Å². The van der Waals surface area contributed by atoms with Crippen molar-refractivity contribution >= 4 is 17.3 Å². The predicted molar refractivity (Wildman–Crippen MR) is 79.5 cm³/mol. The van der Waals surface area contributed by atoms with Gasteiger partial charge in [0.25, 0.3) is 0 Å². The quantitative estimate of drug-likeness (QED) is 0.805. The van der Waals surface area contributed by atoms with Crippen molar-refractivity contribution in [3.8, 4) is 5.75 Å². The van der Waals surface area contributed by atoms with E-state index in [2.05, 4.69) is 15.2 Å². The Hall–Kier alpha value is -1.86. The first-order valence-electron chi connectivity index (χ1n) is 6.57. The summed E-state index contributed by atoms with van der Waals surface area (Å²) in [6.45, 7) is -1.14. The van der Waals surface area contributed by atoms with Gasteiger partial charge < -0.3 is 14.8 Å². The number of hydrogen-bond acceptors (Lipinski definition) is 4. The molecule has 0 aliphatic heterocycles. The van der Waals surface area contributed by atoms with Crippen molar-refractivity contribution in [2.45, 2.75) is 19.7 Å². The molecule has 0 atom stereocenters. The normalized spacial score (nSPS) is 11.0. The number of nitrogens with zero attached hydrogens (tertiary/aromatic N) is 2. The van der Waals surface area contributed by atoms with Crippen LogP contribution in [0.4, 0.5) is 14.5 Å². The van der Waals surface area contributed by atoms with Gasteiger partial charge in [-0.2, -0.15) is 13.9 Å². The summed E-state index contributed by atoms with van der Waals surface area (Å²) in [6, 6.07) is 4.68. The molecular formula is C14H16ClF2N3O2. The maximum atomic E-state index is 12.1. The zero-order valence-electron chi connectivity index (χ0n) is 11.9. The van der Waals surface area contributed by atoms with E-state index in [0.717, 1.165) is 11.3 Å². The number of hydrogen-bond donors (Lipinski definition) is 1. The molecule has 22 heavy (non-hydrogen) atoms. The third-order valence-corrected chi connectivity index (χ3v) is 3.16. The molecule has 2 rings (SSSR count). The molecule has 0 aliphatic rings. The average Bonchev–Trinajstić information content (AvgIpc) is 2.93. The topological polar surface area (TPSA) is 48.3 Å². The number of halogens is 3. The minimum absolute atomic E-state index is 0.0344. The van der Waals surface area contributed by atoms with Gasteiger partial charge in [0.1, 0.15) is 5.75 Å². The molecule has 0 spiro atoms. The van der Waals surface area contributed by atoms with E-state index in [1.165, 1.54) is 6.07 Å². The van der Waals surface area contributed by atoms with Crippen molar-refractivity contribution in [2.75, 3.05) is 19.0 Å². The van der Waals surface area contributed by atoms with Crippen LogP contribution >= 0.6 is 11.6 Å². The Bertz CT molecular complexity index is 608. The fourth-order valence-electron chi connectivity index (χ4n) is 1.81. The van der Waals surface area contributed by atoms with Gasteiger partial charge in [-0.25, -0.2) is 0 Å². The molecule has 0 bridgehead atoms. The molecule has 120 valence electrons. The van der Waals surface area contributed by atoms with Gasteiger partial charge >= 0.3 is 6.61 Å². The molecule has 0 fully saturated rings. The minimum atomic E-state index is -2.89. The highest BCUT2D eigenvalue weighted by Crippen LogP contribution is 2.27. The number of ether oxygens (including phenoxy) is 2. The molecule has 0 unspecified atom stereocenters. The molecule has 0 saturated heterocycles. The Morgan fingerprint density at radius 2 is 2.23 bits per heavy atom. The number of nitrogens with one attached hydrogen (secondary N) is 1. The lowest BCUT2D eigenvalue weighted by Crippen LogP contribution is -2.04. The van der Waals surface area contributed by atoms with E-state index in [1.807, 2.05) is 6.20 Å². The van der Waals surface area contributed by atoms with E-state index >= 15 is 0 Å². The zero-order valence-corrected chi connectivity index (χ0v) is 12.7. The van der Waals surface area contributed by atoms with Gasteiger partial charge in [0.15, 0.2) is 0 Å². The van der Waals surface area contributed by atoms with Crippen molar-refractivity contribution in [2.24, 2.45) is 0 Å². The fraction of sp³-hybridized carbons (Fsp3) is 0.357. The molecule has 8 heteroatoms. The lowest BCUT2D eigenvalue weighted by atomic mass is 10.2. The zero-order chi connectivity index (χ0) is 15.9. The number of rotatable bonds is 8. The molecular weight excluding hydrogens is 316 g/mol. The van der Waals surface area contributed by atoms with Crippen LogP contribution < -0.4 is 10.1 Å². The van der Waals surface area contributed by atoms with Crippen LogP contribution in [0, 0.1) is 0 Å². The second-order valence-electron chi connectivity index (χ2n) is 4.48. The molecule has 1 heterocycles. The van der Waals surface area contributed by atoms with Crippen molar-refractivity contribution in [3.63, 3.8) is 0 Å². The lowest BCUT2D eigenvalue weighted by molar-refractivity contribution is -0.0497. The van der Waals surface area contributed by atoms with Crippen molar-refractivity contribution in [1.29, 1.82) is 0 Å². The van der Waals surface area contributed by atoms with E-state index in [1.54, 1.807) is 30.1 Å². The van der Waals surface area contributed by atoms with Gasteiger partial charge in [-0.15, -0.1) is 0 Å². The summed E-state index contributed by atoms with van der Waals surface area (Å²) in [4.78, 5) is 0. The van der Waals surface area contributed by atoms with Gasteiger partial charge in [0.2, 0.25) is 0 Å². The molecule has 0 aliphatic carbocycles. The second-order valence-corrected chi connectivity index (χ2v) is 4.89. The molecule has 1 aromatic carbocycles. The van der Waals surface area contributed by atoms with Crippen LogP contribution in [0.2, 0.25) is 5.02 Å². The van der Waals surface area contributed by atoms with Gasteiger partial charge in [-0.05, 0) is 17.7 Å². The van der Waals surface area contributed by atoms with E-state index in [0.29, 0.717) is 19.7 Å². The van der Waals surface area contributed by atoms with Crippen LogP contribution in [0.3, 0.4) is 0 Å². The highest BCUT2D eigenvalue weighted by atomic mass is 35.5. The Balaban J connectivity index is 1.91. The van der Waals surface area contributed by atoms with Crippen molar-refractivity contribution < 1.29 is 18.3 Å². The fourth-order valence-corrected chi connectivity index (χ4v) is 2.06. The number of anilines is 1. The van der Waals surface area contributed by atoms with Crippen LogP contribution in [0.15, 0.2) is 30.6 Å². The Labute approximate surface area is 131 Å². The Kier molecular flexibility index (Phi) is 5.97. The maximum absolute atomic E-state index is 12.1. The first-order chi connectivity index (χ1) is 10.6. The summed E-state index contributed by atoms with van der Waals surface area (Å²) >= 11 is 5.90. The van der Waals surface area contributed by atoms with Crippen LogP contribution in [0.5, 0.6) is 5.75 Å². The smallest absolute Gasteiger partial charge is 0.387 e. The number of methoxy groups -OCH3 is 1. The monoisotopic (exact) mass is 331 g/mol. The summed E-state index contributed by atoms with van der Waals surface area (Å²) in [5.74, 6) is -0.0344. The molecule has 0 radical (unpaired) electrons. The van der Waals surface area contributed by atoms with Crippen LogP contribution in [0.1, 0.15) is 5.56 Å². The summed E-state index contributed by atoms with van der Waals surface area (Å²) < 4.78 is 35.3. The summed E-state index contributed by atoms with van der Waals surface area (Å²) in [7, 11) is 1.63. The van der Waals surface area contributed by atoms with Crippen molar-refractivity contribution in [1.82, 2.24) is 9.78 Å². The predicted octanol–water partition coefficient (Wildman–Crippen LogP) is 3.40. The highest BCUT2D eigenvalue weighted by Gasteiger charge is 2.09. The molecule has 2 aromatic rings. The molecule has 0 amide bonds. The van der Waals surface area contributed by atoms with E-state index in [9.17, 15) is 8.78 Å². The first-order valence-corrected chi connectivity index (χ1v) is 6.95. The van der Waals surface area contributed by atoms with E-state index in [4.69, 9.17) is 16.3 Å². The lowest BCUT2D eigenvalue weighted by Gasteiger charge is -2.09. The van der Waals surface area contributed by atoms with Crippen LogP contribution in [-0.2, 0) is 17.8 Å². The third-order valence-electron chi connectivity index (χ3n) is 2.87. The largest absolute Gasteiger partial charge is 0.433 e. The van der Waals surface area contributed by atoms with E-state index in [-0.39, 0.29) is 10.8 Å². The van der Waals surface area contributed by atoms with Crippen molar-refractivity contribution in [3.05, 3.63) is 41.2 Å². The second kappa shape index (κ2) is 7.95. The average molecular weight is 332 g/mol. The number of benzene rings is 1. The maximum Gasteiger partial charge on any atom is 0.387 e. The molecule has 1 aromatic heterocycles. The SMILES string of the molecule is COCCn1cc(NCc2ccc(OC(F)F)c(Cl)c2)cn1. The Morgan fingerprint density at radius 1 is 1.41 bits per heavy atom. The first kappa shape index (κ1) is 16.5. The van der Waals surface area contributed by atoms with Gasteiger partial charge in [-0.3, -0.25) is 4.68 Å². The number of alkyl halides is 2. The molecule has 1 N–H and O–H groups in total. The third kappa shape index (κ3) is 4.85.